The van der Waals surface area contributed by atoms with Gasteiger partial charge in [-0.1, -0.05) is 18.2 Å². The zero-order valence-electron chi connectivity index (χ0n) is 13.5. The zero-order valence-corrected chi connectivity index (χ0v) is 13.5. The van der Waals surface area contributed by atoms with E-state index >= 15 is 0 Å². The Morgan fingerprint density at radius 1 is 1.08 bits per heavy atom. The molecule has 8 heteroatoms. The minimum Gasteiger partial charge on any atom is -0.368 e. The Labute approximate surface area is 146 Å². The first kappa shape index (κ1) is 15.8. The number of hydrogen-bond donors (Lipinski definition) is 1. The molecule has 4 aromatic rings. The highest BCUT2D eigenvalue weighted by molar-refractivity contribution is 5.88. The van der Waals surface area contributed by atoms with E-state index in [1.807, 2.05) is 0 Å². The molecule has 0 saturated carbocycles. The fourth-order valence-electron chi connectivity index (χ4n) is 2.95. The summed E-state index contributed by atoms with van der Waals surface area (Å²) in [6.45, 7) is -0.198. The summed E-state index contributed by atoms with van der Waals surface area (Å²) in [5.41, 5.74) is 6.32. The van der Waals surface area contributed by atoms with Gasteiger partial charge in [0.15, 0.2) is 0 Å². The second-order valence-electron chi connectivity index (χ2n) is 5.76. The van der Waals surface area contributed by atoms with Crippen molar-refractivity contribution in [3.05, 3.63) is 77.4 Å². The van der Waals surface area contributed by atoms with E-state index in [2.05, 4.69) is 5.10 Å². The van der Waals surface area contributed by atoms with E-state index in [9.17, 15) is 14.0 Å². The highest BCUT2D eigenvalue weighted by Gasteiger charge is 2.14. The quantitative estimate of drug-likeness (QED) is 0.606. The molecular formula is C18H14FN5O2. The molecule has 2 heterocycles. The predicted octanol–water partition coefficient (Wildman–Crippen LogP) is 1.60. The van der Waals surface area contributed by atoms with Crippen LogP contribution < -0.4 is 11.4 Å². The minimum atomic E-state index is -0.601. The lowest BCUT2D eigenvalue weighted by atomic mass is 10.2. The number of rotatable bonds is 4. The van der Waals surface area contributed by atoms with Gasteiger partial charge in [-0.2, -0.15) is 5.10 Å². The van der Waals surface area contributed by atoms with Gasteiger partial charge in [0.2, 0.25) is 5.91 Å². The van der Waals surface area contributed by atoms with Crippen LogP contribution in [0.25, 0.3) is 22.3 Å². The van der Waals surface area contributed by atoms with Gasteiger partial charge in [0.25, 0.3) is 0 Å². The van der Waals surface area contributed by atoms with Crippen LogP contribution in [0.15, 0.2) is 65.8 Å². The largest absolute Gasteiger partial charge is 0.368 e. The fourth-order valence-corrected chi connectivity index (χ4v) is 2.95. The molecule has 2 aromatic carbocycles. The molecule has 0 fully saturated rings. The molecule has 0 saturated heterocycles. The van der Waals surface area contributed by atoms with E-state index in [-0.39, 0.29) is 6.54 Å². The maximum atomic E-state index is 14.1. The summed E-state index contributed by atoms with van der Waals surface area (Å²) in [5, 5.41) is 4.95. The first-order chi connectivity index (χ1) is 12.6. The standard InChI is InChI=1S/C18H14FN5O2/c19-13-4-1-2-5-16(13)24-15-7-3-6-14(12(15)10-21-24)23-9-8-22(18(23)26)11-17(20)25/h1-10H,11H2,(H2,20,25). The van der Waals surface area contributed by atoms with Crippen LogP contribution in [-0.2, 0) is 11.3 Å². The third kappa shape index (κ3) is 2.48. The van der Waals surface area contributed by atoms with E-state index < -0.39 is 17.4 Å². The number of aromatic nitrogens is 4. The van der Waals surface area contributed by atoms with Crippen LogP contribution in [0, 0.1) is 5.82 Å². The van der Waals surface area contributed by atoms with Crippen molar-refractivity contribution in [2.75, 3.05) is 0 Å². The van der Waals surface area contributed by atoms with Crippen molar-refractivity contribution in [3.63, 3.8) is 0 Å². The molecule has 0 aliphatic rings. The topological polar surface area (TPSA) is 87.8 Å². The summed E-state index contributed by atoms with van der Waals surface area (Å²) in [5.74, 6) is -0.997. The number of nitrogens with zero attached hydrogens (tertiary/aromatic N) is 4. The monoisotopic (exact) mass is 351 g/mol. The maximum Gasteiger partial charge on any atom is 0.333 e. The summed E-state index contributed by atoms with van der Waals surface area (Å²) in [4.78, 5) is 23.6. The minimum absolute atomic E-state index is 0.198. The lowest BCUT2D eigenvalue weighted by Gasteiger charge is -2.07. The van der Waals surface area contributed by atoms with E-state index in [1.165, 1.54) is 26.1 Å². The van der Waals surface area contributed by atoms with Crippen LogP contribution in [0.3, 0.4) is 0 Å². The normalized spacial score (nSPS) is 11.1. The number of fused-ring (bicyclic) bond motifs is 1. The summed E-state index contributed by atoms with van der Waals surface area (Å²) < 4.78 is 18.2. The smallest absolute Gasteiger partial charge is 0.333 e. The van der Waals surface area contributed by atoms with Gasteiger partial charge in [-0.3, -0.25) is 13.9 Å². The number of imidazole rings is 1. The van der Waals surface area contributed by atoms with Gasteiger partial charge >= 0.3 is 5.69 Å². The number of primary amides is 1. The number of amides is 1. The van der Waals surface area contributed by atoms with Gasteiger partial charge in [0.1, 0.15) is 18.0 Å². The van der Waals surface area contributed by atoms with Gasteiger partial charge < -0.3 is 5.73 Å². The van der Waals surface area contributed by atoms with Gasteiger partial charge in [0, 0.05) is 17.8 Å². The van der Waals surface area contributed by atoms with Crippen LogP contribution in [0.2, 0.25) is 0 Å². The third-order valence-electron chi connectivity index (χ3n) is 4.10. The second-order valence-corrected chi connectivity index (χ2v) is 5.76. The highest BCUT2D eigenvalue weighted by atomic mass is 19.1. The Hall–Kier alpha value is -3.68. The van der Waals surface area contributed by atoms with Crippen molar-refractivity contribution in [1.82, 2.24) is 18.9 Å². The second kappa shape index (κ2) is 5.99. The third-order valence-corrected chi connectivity index (χ3v) is 4.10. The van der Waals surface area contributed by atoms with E-state index in [1.54, 1.807) is 48.8 Å². The van der Waals surface area contributed by atoms with Gasteiger partial charge in [-0.25, -0.2) is 13.9 Å². The molecule has 130 valence electrons. The molecule has 7 nitrogen and oxygen atoms in total. The summed E-state index contributed by atoms with van der Waals surface area (Å²) in [7, 11) is 0. The van der Waals surface area contributed by atoms with Crippen molar-refractivity contribution in [1.29, 1.82) is 0 Å². The lowest BCUT2D eigenvalue weighted by molar-refractivity contribution is -0.118. The van der Waals surface area contributed by atoms with E-state index in [0.29, 0.717) is 22.3 Å². The van der Waals surface area contributed by atoms with Crippen LogP contribution >= 0.6 is 0 Å². The Kier molecular flexibility index (Phi) is 3.65. The summed E-state index contributed by atoms with van der Waals surface area (Å²) >= 11 is 0. The first-order valence-corrected chi connectivity index (χ1v) is 7.84. The molecule has 0 atom stereocenters. The molecule has 0 radical (unpaired) electrons. The molecule has 4 rings (SSSR count). The van der Waals surface area contributed by atoms with Gasteiger partial charge in [-0.15, -0.1) is 0 Å². The van der Waals surface area contributed by atoms with Crippen LogP contribution in [-0.4, -0.2) is 24.8 Å². The van der Waals surface area contributed by atoms with Crippen molar-refractivity contribution in [3.8, 4) is 11.4 Å². The SMILES string of the molecule is NC(=O)Cn1ccn(-c2cccc3c2cnn3-c2ccccc2F)c1=O. The molecule has 0 bridgehead atoms. The Balaban J connectivity index is 1.89. The van der Waals surface area contributed by atoms with Crippen molar-refractivity contribution in [2.24, 2.45) is 5.73 Å². The highest BCUT2D eigenvalue weighted by Crippen LogP contribution is 2.24. The van der Waals surface area contributed by atoms with Crippen LogP contribution in [0.4, 0.5) is 4.39 Å². The average molecular weight is 351 g/mol. The number of carbonyl (C=O) groups excluding carboxylic acids is 1. The number of para-hydroxylation sites is 1. The van der Waals surface area contributed by atoms with E-state index in [4.69, 9.17) is 5.73 Å². The molecule has 2 aromatic heterocycles. The molecule has 0 aliphatic heterocycles. The van der Waals surface area contributed by atoms with E-state index in [0.717, 1.165) is 0 Å². The summed E-state index contributed by atoms with van der Waals surface area (Å²) in [6, 6.07) is 11.6. The molecule has 0 aliphatic carbocycles. The predicted molar refractivity (Wildman–Crippen MR) is 93.8 cm³/mol. The number of benzene rings is 2. The van der Waals surface area contributed by atoms with Gasteiger partial charge in [-0.05, 0) is 24.3 Å². The Bertz CT molecular complexity index is 1190. The molecule has 0 spiro atoms. The first-order valence-electron chi connectivity index (χ1n) is 7.84. The maximum absolute atomic E-state index is 14.1. The number of hydrogen-bond acceptors (Lipinski definition) is 3. The number of halogens is 1. The molecule has 26 heavy (non-hydrogen) atoms. The fraction of sp³-hybridized carbons (Fsp3) is 0.0556. The summed E-state index contributed by atoms with van der Waals surface area (Å²) in [6.07, 6.45) is 4.63. The average Bonchev–Trinajstić information content (AvgIpc) is 3.19. The van der Waals surface area contributed by atoms with Crippen LogP contribution in [0.5, 0.6) is 0 Å². The Morgan fingerprint density at radius 2 is 1.85 bits per heavy atom. The lowest BCUT2D eigenvalue weighted by Crippen LogP contribution is -2.28. The van der Waals surface area contributed by atoms with Gasteiger partial charge in [0.05, 0.1) is 17.4 Å². The van der Waals surface area contributed by atoms with Crippen LogP contribution in [0.1, 0.15) is 0 Å². The molecular weight excluding hydrogens is 337 g/mol. The Morgan fingerprint density at radius 3 is 2.62 bits per heavy atom. The molecule has 1 amide bonds. The van der Waals surface area contributed by atoms with Crippen molar-refractivity contribution < 1.29 is 9.18 Å². The van der Waals surface area contributed by atoms with Crippen molar-refractivity contribution in [2.45, 2.75) is 6.54 Å². The zero-order chi connectivity index (χ0) is 18.3. The molecule has 2 N–H and O–H groups in total. The van der Waals surface area contributed by atoms with Crippen molar-refractivity contribution >= 4 is 16.8 Å². The number of nitrogens with two attached hydrogens (primary N) is 1. The molecule has 0 unspecified atom stereocenters. The number of carbonyl (C=O) groups is 1.